The summed E-state index contributed by atoms with van der Waals surface area (Å²) < 4.78 is 40.4. The van der Waals surface area contributed by atoms with E-state index in [1.807, 2.05) is 6.07 Å². The first-order valence-corrected chi connectivity index (χ1v) is 10.4. The minimum absolute atomic E-state index is 0.151. The molecule has 0 spiro atoms. The molecule has 1 amide bonds. The summed E-state index contributed by atoms with van der Waals surface area (Å²) in [5, 5.41) is 2.87. The zero-order chi connectivity index (χ0) is 19.7. The molecule has 9 heteroatoms. The number of hydrogen-bond donors (Lipinski definition) is 2. The molecular formula is C19H19FN4O3S. The molecule has 1 aliphatic heterocycles. The van der Waals surface area contributed by atoms with Gasteiger partial charge in [-0.15, -0.1) is 0 Å². The van der Waals surface area contributed by atoms with Crippen LogP contribution >= 0.6 is 0 Å². The number of imidazole rings is 1. The van der Waals surface area contributed by atoms with Gasteiger partial charge >= 0.3 is 0 Å². The Kier molecular flexibility index (Phi) is 4.86. The first-order valence-electron chi connectivity index (χ1n) is 8.94. The number of benzene rings is 2. The van der Waals surface area contributed by atoms with Crippen molar-refractivity contribution in [3.8, 4) is 0 Å². The summed E-state index contributed by atoms with van der Waals surface area (Å²) in [6.07, 6.45) is 2.35. The number of amides is 1. The molecule has 1 aliphatic rings. The Labute approximate surface area is 161 Å². The van der Waals surface area contributed by atoms with E-state index in [9.17, 15) is 17.6 Å². The van der Waals surface area contributed by atoms with Crippen molar-refractivity contribution < 1.29 is 17.6 Å². The fourth-order valence-electron chi connectivity index (χ4n) is 3.41. The molecule has 7 nitrogen and oxygen atoms in total. The second kappa shape index (κ2) is 7.33. The Hall–Kier alpha value is -2.78. The van der Waals surface area contributed by atoms with Crippen LogP contribution in [0.1, 0.15) is 12.8 Å². The van der Waals surface area contributed by atoms with Crippen LogP contribution in [-0.2, 0) is 14.8 Å². The third-order valence-electron chi connectivity index (χ3n) is 4.97. The lowest BCUT2D eigenvalue weighted by Crippen LogP contribution is -2.41. The topological polar surface area (TPSA) is 95.2 Å². The average molecular weight is 402 g/mol. The number of nitrogens with one attached hydrogen (secondary N) is 2. The highest BCUT2D eigenvalue weighted by Gasteiger charge is 2.33. The molecule has 0 bridgehead atoms. The summed E-state index contributed by atoms with van der Waals surface area (Å²) >= 11 is 0. The van der Waals surface area contributed by atoms with Gasteiger partial charge in [-0.1, -0.05) is 12.1 Å². The molecule has 0 saturated carbocycles. The van der Waals surface area contributed by atoms with Gasteiger partial charge in [0.05, 0.1) is 17.4 Å². The minimum atomic E-state index is -3.90. The summed E-state index contributed by atoms with van der Waals surface area (Å²) in [5.41, 5.74) is 2.29. The predicted molar refractivity (Wildman–Crippen MR) is 103 cm³/mol. The van der Waals surface area contributed by atoms with Crippen molar-refractivity contribution in [3.05, 3.63) is 54.6 Å². The molecule has 3 aromatic rings. The van der Waals surface area contributed by atoms with Crippen molar-refractivity contribution in [2.45, 2.75) is 17.7 Å². The summed E-state index contributed by atoms with van der Waals surface area (Å²) in [7, 11) is -3.90. The highest BCUT2D eigenvalue weighted by atomic mass is 32.2. The van der Waals surface area contributed by atoms with Crippen LogP contribution in [0.3, 0.4) is 0 Å². The van der Waals surface area contributed by atoms with Crippen LogP contribution in [0.5, 0.6) is 0 Å². The highest BCUT2D eigenvalue weighted by Crippen LogP contribution is 2.26. The summed E-state index contributed by atoms with van der Waals surface area (Å²) in [5.74, 6) is -1.22. The van der Waals surface area contributed by atoms with E-state index in [2.05, 4.69) is 15.3 Å². The number of anilines is 1. The molecule has 28 heavy (non-hydrogen) atoms. The monoisotopic (exact) mass is 402 g/mol. The number of sulfonamides is 1. The molecule has 0 atom stereocenters. The minimum Gasteiger partial charge on any atom is -0.345 e. The number of aromatic amines is 1. The van der Waals surface area contributed by atoms with E-state index in [-0.39, 0.29) is 29.8 Å². The van der Waals surface area contributed by atoms with Crippen molar-refractivity contribution >= 4 is 32.7 Å². The van der Waals surface area contributed by atoms with Crippen LogP contribution in [-0.4, -0.2) is 41.7 Å². The molecule has 2 N–H and O–H groups in total. The number of halogens is 1. The lowest BCUT2D eigenvalue weighted by Gasteiger charge is -2.30. The van der Waals surface area contributed by atoms with Crippen molar-refractivity contribution in [1.29, 1.82) is 0 Å². The van der Waals surface area contributed by atoms with Crippen LogP contribution in [0.4, 0.5) is 10.1 Å². The van der Waals surface area contributed by atoms with Crippen LogP contribution in [0.25, 0.3) is 11.0 Å². The van der Waals surface area contributed by atoms with Crippen molar-refractivity contribution in [2.24, 2.45) is 5.92 Å². The second-order valence-electron chi connectivity index (χ2n) is 6.73. The van der Waals surface area contributed by atoms with Gasteiger partial charge in [-0.05, 0) is 43.2 Å². The van der Waals surface area contributed by atoms with Gasteiger partial charge < -0.3 is 10.3 Å². The van der Waals surface area contributed by atoms with E-state index < -0.39 is 15.8 Å². The highest BCUT2D eigenvalue weighted by molar-refractivity contribution is 7.89. The maximum atomic E-state index is 13.9. The van der Waals surface area contributed by atoms with Gasteiger partial charge in [0, 0.05) is 24.7 Å². The molecule has 1 aromatic heterocycles. The number of aromatic nitrogens is 2. The summed E-state index contributed by atoms with van der Waals surface area (Å²) in [4.78, 5) is 19.4. The molecule has 1 fully saturated rings. The molecule has 0 aliphatic carbocycles. The normalized spacial score (nSPS) is 16.3. The van der Waals surface area contributed by atoms with Gasteiger partial charge in [0.15, 0.2) is 0 Å². The zero-order valence-electron chi connectivity index (χ0n) is 14.9. The molecule has 0 radical (unpaired) electrons. The average Bonchev–Trinajstić information content (AvgIpc) is 3.16. The first kappa shape index (κ1) is 18.6. The van der Waals surface area contributed by atoms with Gasteiger partial charge in [-0.2, -0.15) is 4.31 Å². The molecule has 2 heterocycles. The number of piperidine rings is 1. The Bertz CT molecular complexity index is 1120. The van der Waals surface area contributed by atoms with Gasteiger partial charge in [0.1, 0.15) is 10.7 Å². The smallest absolute Gasteiger partial charge is 0.245 e. The van der Waals surface area contributed by atoms with Gasteiger partial charge in [-0.3, -0.25) is 4.79 Å². The number of carbonyl (C=O) groups excluding carboxylic acids is 1. The Morgan fingerprint density at radius 1 is 1.18 bits per heavy atom. The van der Waals surface area contributed by atoms with Crippen LogP contribution in [0.2, 0.25) is 0 Å². The number of hydrogen-bond acceptors (Lipinski definition) is 4. The van der Waals surface area contributed by atoms with E-state index in [0.717, 1.165) is 17.1 Å². The summed E-state index contributed by atoms with van der Waals surface area (Å²) in [6.45, 7) is 0.350. The van der Waals surface area contributed by atoms with E-state index >= 15 is 0 Å². The molecule has 4 rings (SSSR count). The van der Waals surface area contributed by atoms with Crippen LogP contribution in [0.15, 0.2) is 53.7 Å². The maximum Gasteiger partial charge on any atom is 0.245 e. The zero-order valence-corrected chi connectivity index (χ0v) is 15.7. The van der Waals surface area contributed by atoms with Crippen molar-refractivity contribution in [1.82, 2.24) is 14.3 Å². The number of fused-ring (bicyclic) bond motifs is 1. The standard InChI is InChI=1S/C19H19FN4O3S/c20-15-3-1-2-4-18(15)28(26,27)24-9-7-13(8-10-24)19(25)23-14-5-6-16-17(11-14)22-12-21-16/h1-6,11-13H,7-10H2,(H,21,22)(H,23,25). The first-order chi connectivity index (χ1) is 13.4. The number of nitrogens with zero attached hydrogens (tertiary/aromatic N) is 2. The third kappa shape index (κ3) is 3.50. The number of rotatable bonds is 4. The van der Waals surface area contributed by atoms with Crippen molar-refractivity contribution in [3.63, 3.8) is 0 Å². The predicted octanol–water partition coefficient (Wildman–Crippen LogP) is 2.74. The van der Waals surface area contributed by atoms with E-state index in [0.29, 0.717) is 18.5 Å². The maximum absolute atomic E-state index is 13.9. The van der Waals surface area contributed by atoms with Crippen LogP contribution < -0.4 is 5.32 Å². The second-order valence-corrected chi connectivity index (χ2v) is 8.64. The molecular weight excluding hydrogens is 383 g/mol. The van der Waals surface area contributed by atoms with E-state index in [1.165, 1.54) is 22.5 Å². The summed E-state index contributed by atoms with van der Waals surface area (Å²) in [6, 6.07) is 10.7. The van der Waals surface area contributed by atoms with E-state index in [1.54, 1.807) is 18.5 Å². The number of H-pyrrole nitrogens is 1. The SMILES string of the molecule is O=C(Nc1ccc2nc[nH]c2c1)C1CCN(S(=O)(=O)c2ccccc2F)CC1. The molecule has 146 valence electrons. The van der Waals surface area contributed by atoms with Crippen LogP contribution in [0, 0.1) is 11.7 Å². The Morgan fingerprint density at radius 3 is 2.68 bits per heavy atom. The fraction of sp³-hybridized carbons (Fsp3) is 0.263. The molecule has 2 aromatic carbocycles. The largest absolute Gasteiger partial charge is 0.345 e. The fourth-order valence-corrected chi connectivity index (χ4v) is 4.94. The quantitative estimate of drug-likeness (QED) is 0.702. The molecule has 0 unspecified atom stereocenters. The Morgan fingerprint density at radius 2 is 1.93 bits per heavy atom. The third-order valence-corrected chi connectivity index (χ3v) is 6.90. The lowest BCUT2D eigenvalue weighted by atomic mass is 9.97. The number of carbonyl (C=O) groups is 1. The van der Waals surface area contributed by atoms with E-state index in [4.69, 9.17) is 0 Å². The van der Waals surface area contributed by atoms with Gasteiger partial charge in [-0.25, -0.2) is 17.8 Å². The van der Waals surface area contributed by atoms with Crippen molar-refractivity contribution in [2.75, 3.05) is 18.4 Å². The molecule has 1 saturated heterocycles. The Balaban J connectivity index is 1.40. The lowest BCUT2D eigenvalue weighted by molar-refractivity contribution is -0.120. The van der Waals surface area contributed by atoms with Gasteiger partial charge in [0.2, 0.25) is 15.9 Å². The van der Waals surface area contributed by atoms with Gasteiger partial charge in [0.25, 0.3) is 0 Å².